The molecule has 0 saturated carbocycles. The van der Waals surface area contributed by atoms with Gasteiger partial charge in [-0.2, -0.15) is 0 Å². The van der Waals surface area contributed by atoms with Crippen LogP contribution in [0, 0.1) is 6.92 Å². The van der Waals surface area contributed by atoms with Crippen molar-refractivity contribution in [3.63, 3.8) is 0 Å². The van der Waals surface area contributed by atoms with E-state index in [9.17, 15) is 9.59 Å². The Kier molecular flexibility index (Phi) is 5.91. The van der Waals surface area contributed by atoms with Crippen LogP contribution < -0.4 is 10.6 Å². The summed E-state index contributed by atoms with van der Waals surface area (Å²) in [5.74, 6) is -0.502. The number of benzene rings is 2. The Morgan fingerprint density at radius 2 is 1.92 bits per heavy atom. The summed E-state index contributed by atoms with van der Waals surface area (Å²) in [6, 6.07) is 11.9. The molecule has 1 heterocycles. The van der Waals surface area contributed by atoms with Crippen molar-refractivity contribution in [2.24, 2.45) is 0 Å². The summed E-state index contributed by atoms with van der Waals surface area (Å²) >= 11 is 5.99. The molecule has 2 amide bonds. The predicted molar refractivity (Wildman–Crippen MR) is 102 cm³/mol. The van der Waals surface area contributed by atoms with Gasteiger partial charge in [0.25, 0.3) is 11.8 Å². The molecule has 0 bridgehead atoms. The number of nitrogens with one attached hydrogen (secondary N) is 2. The van der Waals surface area contributed by atoms with Gasteiger partial charge in [-0.25, -0.2) is 0 Å². The Balaban J connectivity index is 1.66. The van der Waals surface area contributed by atoms with Crippen molar-refractivity contribution >= 4 is 29.1 Å². The second-order valence-electron chi connectivity index (χ2n) is 6.34. The van der Waals surface area contributed by atoms with E-state index in [2.05, 4.69) is 10.6 Å². The Morgan fingerprint density at radius 1 is 1.15 bits per heavy atom. The zero-order valence-electron chi connectivity index (χ0n) is 14.5. The summed E-state index contributed by atoms with van der Waals surface area (Å²) < 4.78 is 5.50. The van der Waals surface area contributed by atoms with Crippen LogP contribution in [0.5, 0.6) is 0 Å². The molecule has 1 saturated heterocycles. The number of hydrogen-bond acceptors (Lipinski definition) is 3. The molecule has 2 aromatic carbocycles. The van der Waals surface area contributed by atoms with Crippen LogP contribution in [0.4, 0.5) is 5.69 Å². The third-order valence-corrected chi connectivity index (χ3v) is 4.58. The van der Waals surface area contributed by atoms with E-state index in [0.29, 0.717) is 28.4 Å². The maximum atomic E-state index is 12.5. The molecule has 2 aromatic rings. The fourth-order valence-corrected chi connectivity index (χ4v) is 3.01. The molecule has 1 fully saturated rings. The lowest BCUT2D eigenvalue weighted by molar-refractivity contribution is 0.0858. The fraction of sp³-hybridized carbons (Fsp3) is 0.300. The highest BCUT2D eigenvalue weighted by molar-refractivity contribution is 6.31. The largest absolute Gasteiger partial charge is 0.376 e. The lowest BCUT2D eigenvalue weighted by atomic mass is 10.1. The van der Waals surface area contributed by atoms with Gasteiger partial charge in [0.15, 0.2) is 0 Å². The van der Waals surface area contributed by atoms with Crippen LogP contribution in [0.25, 0.3) is 0 Å². The smallest absolute Gasteiger partial charge is 0.255 e. The van der Waals surface area contributed by atoms with Crippen molar-refractivity contribution in [1.29, 1.82) is 0 Å². The van der Waals surface area contributed by atoms with Gasteiger partial charge in [0.05, 0.1) is 6.10 Å². The highest BCUT2D eigenvalue weighted by Gasteiger charge is 2.17. The molecule has 3 rings (SSSR count). The van der Waals surface area contributed by atoms with E-state index in [1.165, 1.54) is 0 Å². The molecule has 0 spiro atoms. The molecule has 2 N–H and O–H groups in total. The third-order valence-electron chi connectivity index (χ3n) is 4.35. The van der Waals surface area contributed by atoms with Crippen molar-refractivity contribution in [1.82, 2.24) is 5.32 Å². The van der Waals surface area contributed by atoms with E-state index < -0.39 is 0 Å². The van der Waals surface area contributed by atoms with E-state index in [-0.39, 0.29) is 17.9 Å². The Labute approximate surface area is 157 Å². The van der Waals surface area contributed by atoms with Gasteiger partial charge in [-0.1, -0.05) is 23.7 Å². The molecule has 1 aliphatic heterocycles. The summed E-state index contributed by atoms with van der Waals surface area (Å²) in [6.07, 6.45) is 2.07. The van der Waals surface area contributed by atoms with Crippen LogP contribution in [0.3, 0.4) is 0 Å². The van der Waals surface area contributed by atoms with Crippen molar-refractivity contribution in [3.05, 3.63) is 64.2 Å². The zero-order chi connectivity index (χ0) is 18.5. The Hall–Kier alpha value is -2.37. The van der Waals surface area contributed by atoms with Crippen molar-refractivity contribution in [2.45, 2.75) is 25.9 Å². The third kappa shape index (κ3) is 4.62. The second-order valence-corrected chi connectivity index (χ2v) is 6.78. The molecule has 5 nitrogen and oxygen atoms in total. The number of rotatable bonds is 5. The summed E-state index contributed by atoms with van der Waals surface area (Å²) in [5, 5.41) is 6.24. The van der Waals surface area contributed by atoms with Gasteiger partial charge in [0.2, 0.25) is 0 Å². The molecule has 1 atom stereocenters. The average Bonchev–Trinajstić information content (AvgIpc) is 3.16. The van der Waals surface area contributed by atoms with Gasteiger partial charge in [-0.15, -0.1) is 0 Å². The molecule has 1 aliphatic rings. The molecular formula is C20H21ClN2O3. The van der Waals surface area contributed by atoms with Crippen LogP contribution in [-0.4, -0.2) is 31.1 Å². The van der Waals surface area contributed by atoms with Gasteiger partial charge < -0.3 is 15.4 Å². The van der Waals surface area contributed by atoms with Gasteiger partial charge in [0, 0.05) is 35.0 Å². The highest BCUT2D eigenvalue weighted by atomic mass is 35.5. The van der Waals surface area contributed by atoms with Gasteiger partial charge in [-0.3, -0.25) is 9.59 Å². The normalized spacial score (nSPS) is 16.3. The minimum absolute atomic E-state index is 0.0798. The SMILES string of the molecule is Cc1ccc(Cl)cc1NC(=O)c1cccc(C(=O)NCC2CCCO2)c1. The molecule has 0 radical (unpaired) electrons. The van der Waals surface area contributed by atoms with Gasteiger partial charge in [0.1, 0.15) is 0 Å². The minimum atomic E-state index is -0.288. The molecular weight excluding hydrogens is 352 g/mol. The Bertz CT molecular complexity index is 816. The number of anilines is 1. The molecule has 1 unspecified atom stereocenters. The quantitative estimate of drug-likeness (QED) is 0.838. The number of ether oxygens (including phenoxy) is 1. The lowest BCUT2D eigenvalue weighted by Gasteiger charge is -2.12. The van der Waals surface area contributed by atoms with E-state index in [4.69, 9.17) is 16.3 Å². The first-order chi connectivity index (χ1) is 12.5. The summed E-state index contributed by atoms with van der Waals surface area (Å²) in [6.45, 7) is 3.12. The molecule has 136 valence electrons. The molecule has 0 aromatic heterocycles. The fourth-order valence-electron chi connectivity index (χ4n) is 2.84. The molecule has 6 heteroatoms. The number of aryl methyl sites for hydroxylation is 1. The number of carbonyl (C=O) groups is 2. The monoisotopic (exact) mass is 372 g/mol. The van der Waals surface area contributed by atoms with E-state index >= 15 is 0 Å². The predicted octanol–water partition coefficient (Wildman–Crippen LogP) is 3.81. The van der Waals surface area contributed by atoms with Crippen LogP contribution in [0.1, 0.15) is 39.1 Å². The van der Waals surface area contributed by atoms with Crippen LogP contribution in [-0.2, 0) is 4.74 Å². The molecule has 0 aliphatic carbocycles. The zero-order valence-corrected chi connectivity index (χ0v) is 15.3. The topological polar surface area (TPSA) is 67.4 Å². The van der Waals surface area contributed by atoms with Crippen molar-refractivity contribution in [3.8, 4) is 0 Å². The van der Waals surface area contributed by atoms with Gasteiger partial charge in [-0.05, 0) is 55.7 Å². The lowest BCUT2D eigenvalue weighted by Crippen LogP contribution is -2.31. The first-order valence-electron chi connectivity index (χ1n) is 8.60. The maximum Gasteiger partial charge on any atom is 0.255 e. The number of halogens is 1. The standard InChI is InChI=1S/C20H21ClN2O3/c1-13-7-8-16(21)11-18(13)23-20(25)15-5-2-4-14(10-15)19(24)22-12-17-6-3-9-26-17/h2,4-5,7-8,10-11,17H,3,6,9,12H2,1H3,(H,22,24)(H,23,25). The summed E-state index contributed by atoms with van der Waals surface area (Å²) in [4.78, 5) is 24.8. The first-order valence-corrected chi connectivity index (χ1v) is 8.98. The second kappa shape index (κ2) is 8.34. The van der Waals surface area contributed by atoms with E-state index in [1.54, 1.807) is 36.4 Å². The van der Waals surface area contributed by atoms with Crippen LogP contribution in [0.2, 0.25) is 5.02 Å². The van der Waals surface area contributed by atoms with Crippen molar-refractivity contribution < 1.29 is 14.3 Å². The number of amides is 2. The summed E-state index contributed by atoms with van der Waals surface area (Å²) in [5.41, 5.74) is 2.41. The number of hydrogen-bond donors (Lipinski definition) is 2. The Morgan fingerprint density at radius 3 is 2.65 bits per heavy atom. The van der Waals surface area contributed by atoms with Crippen molar-refractivity contribution in [2.75, 3.05) is 18.5 Å². The van der Waals surface area contributed by atoms with Gasteiger partial charge >= 0.3 is 0 Å². The molecule has 26 heavy (non-hydrogen) atoms. The highest BCUT2D eigenvalue weighted by Crippen LogP contribution is 2.21. The first kappa shape index (κ1) is 18.4. The van der Waals surface area contributed by atoms with E-state index in [1.807, 2.05) is 13.0 Å². The minimum Gasteiger partial charge on any atom is -0.376 e. The number of carbonyl (C=O) groups excluding carboxylic acids is 2. The van der Waals surface area contributed by atoms with Crippen LogP contribution in [0.15, 0.2) is 42.5 Å². The van der Waals surface area contributed by atoms with E-state index in [0.717, 1.165) is 25.0 Å². The average molecular weight is 373 g/mol. The van der Waals surface area contributed by atoms with Crippen LogP contribution >= 0.6 is 11.6 Å². The summed E-state index contributed by atoms with van der Waals surface area (Å²) in [7, 11) is 0. The maximum absolute atomic E-state index is 12.5.